The maximum Gasteiger partial charge on any atom is 0.324 e. The Balaban J connectivity index is 1.15. The molecule has 0 saturated carbocycles. The number of anilines is 2. The Morgan fingerprint density at radius 3 is 2.35 bits per heavy atom. The molecule has 9 heteroatoms. The van der Waals surface area contributed by atoms with Gasteiger partial charge in [-0.3, -0.25) is 9.69 Å². The normalized spacial score (nSPS) is 21.1. The number of para-hydroxylation sites is 2. The monoisotopic (exact) mass is 464 g/mol. The molecule has 1 aromatic heterocycles. The minimum absolute atomic E-state index is 0.00193. The molecular weight excluding hydrogens is 432 g/mol. The molecule has 0 aliphatic carbocycles. The van der Waals surface area contributed by atoms with Crippen molar-refractivity contribution >= 4 is 23.6 Å². The standard InChI is InChI=1S/C25H32N6O3/c1-2-20-18-31(21-6-3-4-7-22(21)34-20)25(33)30-12-8-19(9-13-30)23(32)28-14-16-29(17-15-28)24-26-10-5-11-27-24/h3-7,10-11,19-20H,2,8-9,12-18H2,1H3. The summed E-state index contributed by atoms with van der Waals surface area (Å²) in [5, 5.41) is 0. The van der Waals surface area contributed by atoms with E-state index in [2.05, 4.69) is 21.8 Å². The van der Waals surface area contributed by atoms with Gasteiger partial charge in [-0.05, 0) is 37.5 Å². The summed E-state index contributed by atoms with van der Waals surface area (Å²) in [4.78, 5) is 43.0. The van der Waals surface area contributed by atoms with Crippen LogP contribution < -0.4 is 14.5 Å². The Labute approximate surface area is 200 Å². The third-order valence-electron chi connectivity index (χ3n) is 7.06. The zero-order valence-corrected chi connectivity index (χ0v) is 19.7. The van der Waals surface area contributed by atoms with Crippen molar-refractivity contribution in [2.24, 2.45) is 5.92 Å². The minimum Gasteiger partial charge on any atom is -0.486 e. The maximum atomic E-state index is 13.4. The molecule has 0 radical (unpaired) electrons. The van der Waals surface area contributed by atoms with Gasteiger partial charge in [0.05, 0.1) is 12.2 Å². The van der Waals surface area contributed by atoms with Gasteiger partial charge in [0.2, 0.25) is 11.9 Å². The zero-order valence-electron chi connectivity index (χ0n) is 19.7. The molecule has 1 atom stereocenters. The fourth-order valence-electron chi connectivity index (χ4n) is 5.02. The lowest BCUT2D eigenvalue weighted by molar-refractivity contribution is -0.137. The molecule has 3 aliphatic heterocycles. The van der Waals surface area contributed by atoms with Crippen LogP contribution in [-0.2, 0) is 4.79 Å². The van der Waals surface area contributed by atoms with E-state index in [1.54, 1.807) is 18.5 Å². The smallest absolute Gasteiger partial charge is 0.324 e. The lowest BCUT2D eigenvalue weighted by atomic mass is 9.95. The summed E-state index contributed by atoms with van der Waals surface area (Å²) in [6.07, 6.45) is 5.74. The molecule has 2 fully saturated rings. The number of urea groups is 1. The summed E-state index contributed by atoms with van der Waals surface area (Å²) in [5.74, 6) is 1.67. The predicted octanol–water partition coefficient (Wildman–Crippen LogP) is 2.63. The number of ether oxygens (including phenoxy) is 1. The number of hydrogen-bond acceptors (Lipinski definition) is 6. The maximum absolute atomic E-state index is 13.4. The summed E-state index contributed by atoms with van der Waals surface area (Å²) >= 11 is 0. The van der Waals surface area contributed by atoms with Crippen molar-refractivity contribution in [3.05, 3.63) is 42.7 Å². The van der Waals surface area contributed by atoms with Crippen molar-refractivity contribution in [2.45, 2.75) is 32.3 Å². The van der Waals surface area contributed by atoms with Crippen LogP contribution in [0.15, 0.2) is 42.7 Å². The van der Waals surface area contributed by atoms with Crippen molar-refractivity contribution in [3.63, 3.8) is 0 Å². The highest BCUT2D eigenvalue weighted by molar-refractivity contribution is 5.94. The van der Waals surface area contributed by atoms with Gasteiger partial charge in [-0.15, -0.1) is 0 Å². The van der Waals surface area contributed by atoms with E-state index in [1.807, 2.05) is 39.0 Å². The lowest BCUT2D eigenvalue weighted by Crippen LogP contribution is -2.54. The van der Waals surface area contributed by atoms with E-state index < -0.39 is 0 Å². The van der Waals surface area contributed by atoms with Gasteiger partial charge >= 0.3 is 6.03 Å². The number of carbonyl (C=O) groups excluding carboxylic acids is 2. The number of hydrogen-bond donors (Lipinski definition) is 0. The molecular formula is C25H32N6O3. The highest BCUT2D eigenvalue weighted by Crippen LogP contribution is 2.35. The van der Waals surface area contributed by atoms with Crippen LogP contribution in [0.3, 0.4) is 0 Å². The second kappa shape index (κ2) is 9.87. The van der Waals surface area contributed by atoms with E-state index in [1.165, 1.54) is 0 Å². The second-order valence-electron chi connectivity index (χ2n) is 9.13. The Kier molecular flexibility index (Phi) is 6.51. The second-order valence-corrected chi connectivity index (χ2v) is 9.13. The Bertz CT molecular complexity index is 1000. The van der Waals surface area contributed by atoms with E-state index >= 15 is 0 Å². The molecule has 34 heavy (non-hydrogen) atoms. The summed E-state index contributed by atoms with van der Waals surface area (Å²) in [5.41, 5.74) is 0.829. The number of fused-ring (bicyclic) bond motifs is 1. The third-order valence-corrected chi connectivity index (χ3v) is 7.06. The van der Waals surface area contributed by atoms with E-state index in [4.69, 9.17) is 4.74 Å². The number of benzene rings is 1. The number of amides is 3. The van der Waals surface area contributed by atoms with Gasteiger partial charge in [-0.25, -0.2) is 14.8 Å². The molecule has 9 nitrogen and oxygen atoms in total. The molecule has 180 valence electrons. The van der Waals surface area contributed by atoms with Gasteiger partial charge in [0.1, 0.15) is 11.9 Å². The molecule has 2 aromatic rings. The number of rotatable bonds is 3. The van der Waals surface area contributed by atoms with Crippen LogP contribution in [0.25, 0.3) is 0 Å². The SMILES string of the molecule is CCC1CN(C(=O)N2CCC(C(=O)N3CCN(c4ncccn4)CC3)CC2)c2ccccc2O1. The van der Waals surface area contributed by atoms with Crippen LogP contribution >= 0.6 is 0 Å². The Morgan fingerprint density at radius 1 is 0.941 bits per heavy atom. The fourth-order valence-corrected chi connectivity index (χ4v) is 5.02. The quantitative estimate of drug-likeness (QED) is 0.695. The topological polar surface area (TPSA) is 82.1 Å². The van der Waals surface area contributed by atoms with Crippen LogP contribution in [-0.4, -0.2) is 83.6 Å². The molecule has 0 bridgehead atoms. The van der Waals surface area contributed by atoms with Gasteiger partial charge in [-0.2, -0.15) is 0 Å². The van der Waals surface area contributed by atoms with E-state index in [9.17, 15) is 9.59 Å². The fraction of sp³-hybridized carbons (Fsp3) is 0.520. The van der Waals surface area contributed by atoms with E-state index in [0.29, 0.717) is 45.6 Å². The highest BCUT2D eigenvalue weighted by atomic mass is 16.5. The van der Waals surface area contributed by atoms with Crippen molar-refractivity contribution in [2.75, 3.05) is 55.6 Å². The van der Waals surface area contributed by atoms with E-state index in [0.717, 1.165) is 36.9 Å². The lowest BCUT2D eigenvalue weighted by Gasteiger charge is -2.41. The summed E-state index contributed by atoms with van der Waals surface area (Å²) in [7, 11) is 0. The van der Waals surface area contributed by atoms with Crippen LogP contribution in [0, 0.1) is 5.92 Å². The van der Waals surface area contributed by atoms with Crippen molar-refractivity contribution < 1.29 is 14.3 Å². The molecule has 1 aromatic carbocycles. The number of piperidine rings is 1. The van der Waals surface area contributed by atoms with Crippen molar-refractivity contribution in [1.82, 2.24) is 19.8 Å². The zero-order chi connectivity index (χ0) is 23.5. The Hall–Kier alpha value is -3.36. The molecule has 2 saturated heterocycles. The molecule has 3 aliphatic rings. The van der Waals surface area contributed by atoms with Crippen molar-refractivity contribution in [3.8, 4) is 5.75 Å². The minimum atomic E-state index is -0.0241. The molecule has 3 amide bonds. The predicted molar refractivity (Wildman–Crippen MR) is 129 cm³/mol. The summed E-state index contributed by atoms with van der Waals surface area (Å²) in [6.45, 7) is 6.67. The number of aromatic nitrogens is 2. The molecule has 5 rings (SSSR count). The molecule has 4 heterocycles. The van der Waals surface area contributed by atoms with Crippen LogP contribution in [0.1, 0.15) is 26.2 Å². The first-order chi connectivity index (χ1) is 16.6. The van der Waals surface area contributed by atoms with Gasteiger partial charge in [-0.1, -0.05) is 19.1 Å². The van der Waals surface area contributed by atoms with Crippen molar-refractivity contribution in [1.29, 1.82) is 0 Å². The largest absolute Gasteiger partial charge is 0.486 e. The van der Waals surface area contributed by atoms with Gasteiger partial charge in [0, 0.05) is 57.6 Å². The van der Waals surface area contributed by atoms with Crippen LogP contribution in [0.2, 0.25) is 0 Å². The molecule has 0 spiro atoms. The van der Waals surface area contributed by atoms with E-state index in [-0.39, 0.29) is 24.0 Å². The van der Waals surface area contributed by atoms with Gasteiger partial charge in [0.25, 0.3) is 0 Å². The summed E-state index contributed by atoms with van der Waals surface area (Å²) < 4.78 is 6.03. The summed E-state index contributed by atoms with van der Waals surface area (Å²) in [6, 6.07) is 9.55. The van der Waals surface area contributed by atoms with Crippen LogP contribution in [0.4, 0.5) is 16.4 Å². The van der Waals surface area contributed by atoms with Crippen LogP contribution in [0.5, 0.6) is 5.75 Å². The highest BCUT2D eigenvalue weighted by Gasteiger charge is 2.36. The molecule has 1 unspecified atom stereocenters. The number of nitrogens with zero attached hydrogens (tertiary/aromatic N) is 6. The third kappa shape index (κ3) is 4.51. The van der Waals surface area contributed by atoms with Gasteiger partial charge in [0.15, 0.2) is 0 Å². The first kappa shape index (κ1) is 22.4. The first-order valence-corrected chi connectivity index (χ1v) is 12.3. The number of carbonyl (C=O) groups is 2. The molecule has 0 N–H and O–H groups in total. The average Bonchev–Trinajstić information content (AvgIpc) is 2.92. The number of likely N-dealkylation sites (tertiary alicyclic amines) is 1. The Morgan fingerprint density at radius 2 is 1.65 bits per heavy atom. The first-order valence-electron chi connectivity index (χ1n) is 12.3. The van der Waals surface area contributed by atoms with Gasteiger partial charge < -0.3 is 19.4 Å². The average molecular weight is 465 g/mol. The number of piperazine rings is 1.